The lowest BCUT2D eigenvalue weighted by Crippen LogP contribution is -2.29. The molecule has 0 bridgehead atoms. The fraction of sp³-hybridized carbons (Fsp3) is 0.333. The zero-order chi connectivity index (χ0) is 14.4. The second-order valence-corrected chi connectivity index (χ2v) is 4.52. The second kappa shape index (κ2) is 6.86. The van der Waals surface area contributed by atoms with Crippen molar-refractivity contribution in [2.75, 3.05) is 20.3 Å². The molecule has 0 fully saturated rings. The first kappa shape index (κ1) is 14.3. The van der Waals surface area contributed by atoms with E-state index < -0.39 is 0 Å². The number of benzene rings is 1. The molecule has 1 aromatic heterocycles. The molecule has 0 aliphatic carbocycles. The van der Waals surface area contributed by atoms with Crippen LogP contribution in [0, 0.1) is 0 Å². The molecule has 0 atom stereocenters. The average Bonchev–Trinajstić information content (AvgIpc) is 2.94. The van der Waals surface area contributed by atoms with Crippen molar-refractivity contribution in [3.63, 3.8) is 0 Å². The van der Waals surface area contributed by atoms with Crippen LogP contribution in [0.25, 0.3) is 5.69 Å². The van der Waals surface area contributed by atoms with E-state index in [1.807, 2.05) is 43.5 Å². The van der Waals surface area contributed by atoms with Crippen molar-refractivity contribution in [2.24, 2.45) is 0 Å². The Morgan fingerprint density at radius 1 is 1.35 bits per heavy atom. The summed E-state index contributed by atoms with van der Waals surface area (Å²) in [6, 6.07) is 9.87. The average molecular weight is 273 g/mol. The van der Waals surface area contributed by atoms with Gasteiger partial charge in [0, 0.05) is 32.0 Å². The first-order chi connectivity index (χ1) is 9.70. The van der Waals surface area contributed by atoms with Crippen LogP contribution in [0.1, 0.15) is 12.5 Å². The molecule has 2 aromatic rings. The number of carbonyl (C=O) groups is 1. The fourth-order valence-corrected chi connectivity index (χ4v) is 1.83. The molecule has 1 aromatic carbocycles. The van der Waals surface area contributed by atoms with Gasteiger partial charge in [0.2, 0.25) is 5.91 Å². The number of carbonyl (C=O) groups excluding carboxylic acids is 1. The summed E-state index contributed by atoms with van der Waals surface area (Å²) in [5.41, 5.74) is 1.99. The Labute approximate surface area is 118 Å². The van der Waals surface area contributed by atoms with Crippen LogP contribution < -0.4 is 0 Å². The lowest BCUT2D eigenvalue weighted by Gasteiger charge is -2.15. The van der Waals surface area contributed by atoms with Gasteiger partial charge in [0.05, 0.1) is 11.9 Å². The normalized spacial score (nSPS) is 10.5. The molecule has 5 heteroatoms. The van der Waals surface area contributed by atoms with Crippen molar-refractivity contribution >= 4 is 5.91 Å². The van der Waals surface area contributed by atoms with Crippen molar-refractivity contribution in [3.05, 3.63) is 48.3 Å². The van der Waals surface area contributed by atoms with Gasteiger partial charge in [-0.25, -0.2) is 4.68 Å². The molecule has 0 unspecified atom stereocenters. The predicted molar refractivity (Wildman–Crippen MR) is 76.5 cm³/mol. The zero-order valence-electron chi connectivity index (χ0n) is 11.8. The summed E-state index contributed by atoms with van der Waals surface area (Å²) in [4.78, 5) is 13.4. The number of hydrogen-bond acceptors (Lipinski definition) is 3. The van der Waals surface area contributed by atoms with Gasteiger partial charge in [-0.1, -0.05) is 18.2 Å². The van der Waals surface area contributed by atoms with Gasteiger partial charge in [-0.3, -0.25) is 4.79 Å². The molecular weight excluding hydrogens is 254 g/mol. The van der Waals surface area contributed by atoms with Crippen molar-refractivity contribution < 1.29 is 9.53 Å². The molecule has 5 nitrogen and oxygen atoms in total. The highest BCUT2D eigenvalue weighted by Gasteiger charge is 2.10. The Balaban J connectivity index is 1.98. The highest BCUT2D eigenvalue weighted by Crippen LogP contribution is 2.09. The molecule has 0 saturated heterocycles. The third-order valence-electron chi connectivity index (χ3n) is 2.93. The minimum atomic E-state index is -0.0284. The molecule has 0 saturated carbocycles. The van der Waals surface area contributed by atoms with Gasteiger partial charge in [0.25, 0.3) is 0 Å². The first-order valence-electron chi connectivity index (χ1n) is 6.61. The lowest BCUT2D eigenvalue weighted by atomic mass is 10.3. The van der Waals surface area contributed by atoms with Crippen LogP contribution in [0.5, 0.6) is 0 Å². The van der Waals surface area contributed by atoms with E-state index in [2.05, 4.69) is 5.10 Å². The Bertz CT molecular complexity index is 551. The molecule has 0 radical (unpaired) electrons. The smallest absolute Gasteiger partial charge is 0.248 e. The van der Waals surface area contributed by atoms with Gasteiger partial charge in [-0.15, -0.1) is 0 Å². The first-order valence-corrected chi connectivity index (χ1v) is 6.61. The van der Waals surface area contributed by atoms with E-state index in [9.17, 15) is 4.79 Å². The van der Waals surface area contributed by atoms with E-state index in [-0.39, 0.29) is 12.5 Å². The van der Waals surface area contributed by atoms with Gasteiger partial charge in [0.15, 0.2) is 0 Å². The van der Waals surface area contributed by atoms with Gasteiger partial charge < -0.3 is 9.64 Å². The van der Waals surface area contributed by atoms with Crippen LogP contribution in [-0.4, -0.2) is 40.8 Å². The zero-order valence-corrected chi connectivity index (χ0v) is 11.8. The minimum absolute atomic E-state index is 0.0284. The third-order valence-corrected chi connectivity index (χ3v) is 2.93. The van der Waals surface area contributed by atoms with Crippen LogP contribution in [0.15, 0.2) is 42.7 Å². The topological polar surface area (TPSA) is 47.4 Å². The van der Waals surface area contributed by atoms with E-state index in [0.29, 0.717) is 13.2 Å². The van der Waals surface area contributed by atoms with Gasteiger partial charge in [-0.05, 0) is 19.1 Å². The quantitative estimate of drug-likeness (QED) is 0.807. The van der Waals surface area contributed by atoms with Crippen LogP contribution in [-0.2, 0) is 16.1 Å². The molecule has 1 heterocycles. The van der Waals surface area contributed by atoms with E-state index in [1.54, 1.807) is 22.8 Å². The van der Waals surface area contributed by atoms with E-state index in [0.717, 1.165) is 11.3 Å². The highest BCUT2D eigenvalue weighted by atomic mass is 16.5. The SMILES string of the molecule is CCOCC(=O)N(C)Cc1cnn(-c2ccccc2)c1. The number of nitrogens with zero attached hydrogens (tertiary/aromatic N) is 3. The molecule has 2 rings (SSSR count). The number of para-hydroxylation sites is 1. The molecule has 0 aliphatic rings. The summed E-state index contributed by atoms with van der Waals surface area (Å²) in [6.45, 7) is 3.07. The Morgan fingerprint density at radius 3 is 2.80 bits per heavy atom. The molecule has 0 spiro atoms. The number of likely N-dealkylation sites (N-methyl/N-ethyl adjacent to an activating group) is 1. The maximum absolute atomic E-state index is 11.8. The molecule has 0 N–H and O–H groups in total. The van der Waals surface area contributed by atoms with Crippen molar-refractivity contribution in [2.45, 2.75) is 13.5 Å². The summed E-state index contributed by atoms with van der Waals surface area (Å²) in [6.07, 6.45) is 3.71. The van der Waals surface area contributed by atoms with Crippen molar-refractivity contribution in [1.29, 1.82) is 0 Å². The molecular formula is C15H19N3O2. The Kier molecular flexibility index (Phi) is 4.90. The number of ether oxygens (including phenoxy) is 1. The minimum Gasteiger partial charge on any atom is -0.372 e. The second-order valence-electron chi connectivity index (χ2n) is 4.52. The Morgan fingerprint density at radius 2 is 2.10 bits per heavy atom. The monoisotopic (exact) mass is 273 g/mol. The van der Waals surface area contributed by atoms with Crippen LogP contribution in [0.3, 0.4) is 0 Å². The highest BCUT2D eigenvalue weighted by molar-refractivity contribution is 5.77. The summed E-state index contributed by atoms with van der Waals surface area (Å²) < 4.78 is 6.92. The van der Waals surface area contributed by atoms with E-state index >= 15 is 0 Å². The van der Waals surface area contributed by atoms with E-state index in [1.165, 1.54) is 0 Å². The van der Waals surface area contributed by atoms with Gasteiger partial charge >= 0.3 is 0 Å². The number of hydrogen-bond donors (Lipinski definition) is 0. The standard InChI is InChI=1S/C15H19N3O2/c1-3-20-12-15(19)17(2)10-13-9-16-18(11-13)14-7-5-4-6-8-14/h4-9,11H,3,10,12H2,1-2H3. The largest absolute Gasteiger partial charge is 0.372 e. The third kappa shape index (κ3) is 3.68. The summed E-state index contributed by atoms with van der Waals surface area (Å²) in [5.74, 6) is -0.0284. The predicted octanol–water partition coefficient (Wildman–Crippen LogP) is 1.87. The maximum atomic E-state index is 11.8. The number of amides is 1. The van der Waals surface area contributed by atoms with Crippen LogP contribution in [0.2, 0.25) is 0 Å². The summed E-state index contributed by atoms with van der Waals surface area (Å²) in [7, 11) is 1.77. The van der Waals surface area contributed by atoms with Crippen molar-refractivity contribution in [1.82, 2.24) is 14.7 Å². The Hall–Kier alpha value is -2.14. The summed E-state index contributed by atoms with van der Waals surface area (Å²) >= 11 is 0. The molecule has 0 aliphatic heterocycles. The lowest BCUT2D eigenvalue weighted by molar-refractivity contribution is -0.135. The number of rotatable bonds is 6. The molecule has 20 heavy (non-hydrogen) atoms. The van der Waals surface area contributed by atoms with Gasteiger partial charge in [0.1, 0.15) is 6.61 Å². The van der Waals surface area contributed by atoms with E-state index in [4.69, 9.17) is 4.74 Å². The van der Waals surface area contributed by atoms with Crippen LogP contribution >= 0.6 is 0 Å². The molecule has 1 amide bonds. The number of aromatic nitrogens is 2. The molecule has 106 valence electrons. The van der Waals surface area contributed by atoms with Gasteiger partial charge in [-0.2, -0.15) is 5.10 Å². The fourth-order valence-electron chi connectivity index (χ4n) is 1.83. The van der Waals surface area contributed by atoms with Crippen LogP contribution in [0.4, 0.5) is 0 Å². The van der Waals surface area contributed by atoms with Crippen molar-refractivity contribution in [3.8, 4) is 5.69 Å². The maximum Gasteiger partial charge on any atom is 0.248 e. The summed E-state index contributed by atoms with van der Waals surface area (Å²) in [5, 5.41) is 4.31.